The highest BCUT2D eigenvalue weighted by Gasteiger charge is 2.34. The molecule has 1 unspecified atom stereocenters. The van der Waals surface area contributed by atoms with E-state index in [9.17, 15) is 8.42 Å². The highest BCUT2D eigenvalue weighted by molar-refractivity contribution is 7.88. The van der Waals surface area contributed by atoms with Crippen LogP contribution in [0.3, 0.4) is 0 Å². The third-order valence-electron chi connectivity index (χ3n) is 4.23. The molecule has 0 bridgehead atoms. The van der Waals surface area contributed by atoms with Crippen LogP contribution < -0.4 is 4.74 Å². The summed E-state index contributed by atoms with van der Waals surface area (Å²) in [6, 6.07) is 7.47. The van der Waals surface area contributed by atoms with Crippen LogP contribution in [0.2, 0.25) is 0 Å². The number of piperidine rings is 1. The van der Waals surface area contributed by atoms with Gasteiger partial charge in [-0.25, -0.2) is 8.42 Å². The van der Waals surface area contributed by atoms with Gasteiger partial charge in [-0.2, -0.15) is 9.29 Å². The van der Waals surface area contributed by atoms with Gasteiger partial charge in [-0.15, -0.1) is 0 Å². The summed E-state index contributed by atoms with van der Waals surface area (Å²) >= 11 is 0. The van der Waals surface area contributed by atoms with Gasteiger partial charge in [0.05, 0.1) is 12.9 Å². The Bertz CT molecular complexity index is 819. The van der Waals surface area contributed by atoms with Crippen molar-refractivity contribution < 1.29 is 17.7 Å². The van der Waals surface area contributed by atoms with Gasteiger partial charge in [0.15, 0.2) is 5.82 Å². The Labute approximate surface area is 148 Å². The summed E-state index contributed by atoms with van der Waals surface area (Å²) in [7, 11) is -3.29. The normalized spacial score (nSPS) is 19.0. The zero-order chi connectivity index (χ0) is 17.9. The van der Waals surface area contributed by atoms with E-state index in [-0.39, 0.29) is 6.04 Å². The zero-order valence-electron chi connectivity index (χ0n) is 14.5. The molecular formula is C17H23N3O4S. The van der Waals surface area contributed by atoms with Crippen LogP contribution in [0.1, 0.15) is 42.6 Å². The number of ether oxygens (including phenoxy) is 1. The molecule has 3 rings (SSSR count). The van der Waals surface area contributed by atoms with E-state index in [1.165, 1.54) is 10.6 Å². The molecule has 0 amide bonds. The molecule has 1 aromatic heterocycles. The van der Waals surface area contributed by atoms with Gasteiger partial charge in [0.25, 0.3) is 0 Å². The maximum Gasteiger partial charge on any atom is 0.245 e. The number of rotatable bonds is 6. The molecule has 8 heteroatoms. The molecule has 2 heterocycles. The van der Waals surface area contributed by atoms with Crippen molar-refractivity contribution in [2.24, 2.45) is 0 Å². The summed E-state index contributed by atoms with van der Waals surface area (Å²) in [5.74, 6) is 1.71. The van der Waals surface area contributed by atoms with Gasteiger partial charge in [-0.1, -0.05) is 23.7 Å². The molecule has 0 spiro atoms. The fourth-order valence-electron chi connectivity index (χ4n) is 3.02. The predicted octanol–water partition coefficient (Wildman–Crippen LogP) is 2.49. The number of hydrogen-bond donors (Lipinski definition) is 0. The Balaban J connectivity index is 1.61. The summed E-state index contributed by atoms with van der Waals surface area (Å²) in [5.41, 5.74) is 1.14. The number of sulfonamides is 1. The van der Waals surface area contributed by atoms with Gasteiger partial charge < -0.3 is 9.26 Å². The number of aromatic nitrogens is 2. The van der Waals surface area contributed by atoms with Crippen molar-refractivity contribution in [3.63, 3.8) is 0 Å². The third kappa shape index (κ3) is 4.58. The van der Waals surface area contributed by atoms with Crippen LogP contribution in [0.4, 0.5) is 0 Å². The Morgan fingerprint density at radius 1 is 1.36 bits per heavy atom. The lowest BCUT2D eigenvalue weighted by atomic mass is 10.1. The largest absolute Gasteiger partial charge is 0.493 e. The second kappa shape index (κ2) is 7.53. The van der Waals surface area contributed by atoms with Gasteiger partial charge in [0, 0.05) is 13.0 Å². The molecular weight excluding hydrogens is 342 g/mol. The van der Waals surface area contributed by atoms with Gasteiger partial charge >= 0.3 is 0 Å². The highest BCUT2D eigenvalue weighted by atomic mass is 32.2. The SMILES string of the molecule is Cc1cccc(OCCc2noc(C3CCCCN3S(C)(=O)=O)n2)c1. The van der Waals surface area contributed by atoms with Gasteiger partial charge in [0.1, 0.15) is 11.8 Å². The van der Waals surface area contributed by atoms with E-state index in [4.69, 9.17) is 9.26 Å². The quantitative estimate of drug-likeness (QED) is 0.782. The fourth-order valence-corrected chi connectivity index (χ4v) is 4.14. The standard InChI is InChI=1S/C17H23N3O4S/c1-13-6-5-7-14(12-13)23-11-9-16-18-17(24-19-16)15-8-3-4-10-20(15)25(2,21)22/h5-7,12,15H,3-4,8-11H2,1-2H3. The summed E-state index contributed by atoms with van der Waals surface area (Å²) in [5, 5.41) is 3.97. The lowest BCUT2D eigenvalue weighted by Crippen LogP contribution is -2.37. The number of aryl methyl sites for hydroxylation is 1. The number of nitrogens with zero attached hydrogens (tertiary/aromatic N) is 3. The number of benzene rings is 1. The molecule has 7 nitrogen and oxygen atoms in total. The average molecular weight is 365 g/mol. The van der Waals surface area contributed by atoms with Gasteiger partial charge in [-0.05, 0) is 37.5 Å². The van der Waals surface area contributed by atoms with E-state index >= 15 is 0 Å². The minimum absolute atomic E-state index is 0.359. The van der Waals surface area contributed by atoms with Crippen LogP contribution >= 0.6 is 0 Å². The van der Waals surface area contributed by atoms with E-state index in [2.05, 4.69) is 10.1 Å². The summed E-state index contributed by atoms with van der Waals surface area (Å²) < 4.78 is 36.4. The first kappa shape index (κ1) is 17.9. The van der Waals surface area contributed by atoms with Crippen molar-refractivity contribution in [2.45, 2.75) is 38.6 Å². The van der Waals surface area contributed by atoms with Crippen molar-refractivity contribution in [2.75, 3.05) is 19.4 Å². The molecule has 1 fully saturated rings. The Hall–Kier alpha value is -1.93. The Kier molecular flexibility index (Phi) is 5.39. The summed E-state index contributed by atoms with van der Waals surface area (Å²) in [6.45, 7) is 2.94. The molecule has 0 radical (unpaired) electrons. The van der Waals surface area contributed by atoms with Gasteiger partial charge in [0.2, 0.25) is 15.9 Å². The third-order valence-corrected chi connectivity index (χ3v) is 5.52. The van der Waals surface area contributed by atoms with Crippen LogP contribution in [0.25, 0.3) is 0 Å². The first-order valence-corrected chi connectivity index (χ1v) is 10.3. The molecule has 1 saturated heterocycles. The van der Waals surface area contributed by atoms with E-state index in [0.717, 1.165) is 24.2 Å². The van der Waals surface area contributed by atoms with Crippen LogP contribution in [0.15, 0.2) is 28.8 Å². The molecule has 136 valence electrons. The van der Waals surface area contributed by atoms with Crippen LogP contribution in [0, 0.1) is 6.92 Å². The molecule has 1 aliphatic rings. The molecule has 1 aromatic carbocycles. The topological polar surface area (TPSA) is 85.5 Å². The molecule has 2 aromatic rings. The molecule has 0 saturated carbocycles. The summed E-state index contributed by atoms with van der Waals surface area (Å²) in [6.07, 6.45) is 4.23. The van der Waals surface area contributed by atoms with E-state index in [0.29, 0.717) is 37.7 Å². The molecule has 25 heavy (non-hydrogen) atoms. The molecule has 1 atom stereocenters. The summed E-state index contributed by atoms with van der Waals surface area (Å²) in [4.78, 5) is 4.38. The maximum atomic E-state index is 11.9. The minimum Gasteiger partial charge on any atom is -0.493 e. The molecule has 0 N–H and O–H groups in total. The molecule has 0 aliphatic carbocycles. The van der Waals surface area contributed by atoms with Crippen molar-refractivity contribution in [1.82, 2.24) is 14.4 Å². The Morgan fingerprint density at radius 2 is 2.20 bits per heavy atom. The van der Waals surface area contributed by atoms with E-state index in [1.807, 2.05) is 31.2 Å². The second-order valence-corrected chi connectivity index (χ2v) is 8.28. The lowest BCUT2D eigenvalue weighted by molar-refractivity contribution is 0.205. The van der Waals surface area contributed by atoms with E-state index < -0.39 is 10.0 Å². The van der Waals surface area contributed by atoms with Crippen LogP contribution in [-0.4, -0.2) is 42.3 Å². The van der Waals surface area contributed by atoms with Crippen LogP contribution in [0.5, 0.6) is 5.75 Å². The smallest absolute Gasteiger partial charge is 0.245 e. The predicted molar refractivity (Wildman–Crippen MR) is 92.8 cm³/mol. The highest BCUT2D eigenvalue weighted by Crippen LogP contribution is 2.31. The first-order chi connectivity index (χ1) is 11.9. The van der Waals surface area contributed by atoms with E-state index in [1.54, 1.807) is 0 Å². The number of hydrogen-bond acceptors (Lipinski definition) is 6. The minimum atomic E-state index is -3.29. The van der Waals surface area contributed by atoms with Crippen molar-refractivity contribution in [3.8, 4) is 5.75 Å². The van der Waals surface area contributed by atoms with Crippen molar-refractivity contribution in [3.05, 3.63) is 41.5 Å². The maximum absolute atomic E-state index is 11.9. The zero-order valence-corrected chi connectivity index (χ0v) is 15.3. The molecule has 1 aliphatic heterocycles. The van der Waals surface area contributed by atoms with Gasteiger partial charge in [-0.3, -0.25) is 0 Å². The average Bonchev–Trinajstić information content (AvgIpc) is 3.03. The second-order valence-electron chi connectivity index (χ2n) is 6.35. The first-order valence-electron chi connectivity index (χ1n) is 8.42. The lowest BCUT2D eigenvalue weighted by Gasteiger charge is -2.30. The van der Waals surface area contributed by atoms with Crippen molar-refractivity contribution in [1.29, 1.82) is 0 Å². The Morgan fingerprint density at radius 3 is 2.96 bits per heavy atom. The fraction of sp³-hybridized carbons (Fsp3) is 0.529. The monoisotopic (exact) mass is 365 g/mol. The van der Waals surface area contributed by atoms with Crippen molar-refractivity contribution >= 4 is 10.0 Å². The van der Waals surface area contributed by atoms with Crippen LogP contribution in [-0.2, 0) is 16.4 Å².